The molecule has 0 unspecified atom stereocenters. The van der Waals surface area contributed by atoms with Crippen LogP contribution in [0, 0.1) is 5.82 Å². The van der Waals surface area contributed by atoms with Gasteiger partial charge in [0.05, 0.1) is 5.33 Å². The Morgan fingerprint density at radius 2 is 2.19 bits per heavy atom. The van der Waals surface area contributed by atoms with E-state index in [1.54, 1.807) is 18.2 Å². The molecule has 0 radical (unpaired) electrons. The Labute approximate surface area is 127 Å². The van der Waals surface area contributed by atoms with Crippen LogP contribution in [-0.2, 0) is 0 Å². The summed E-state index contributed by atoms with van der Waals surface area (Å²) < 4.78 is 14.9. The molecule has 3 aromatic rings. The fraction of sp³-hybridized carbons (Fsp3) is 0.0714. The third-order valence-electron chi connectivity index (χ3n) is 3.13. The van der Waals surface area contributed by atoms with E-state index >= 15 is 0 Å². The molecule has 0 saturated heterocycles. The van der Waals surface area contributed by atoms with Gasteiger partial charge in [-0.1, -0.05) is 28.1 Å². The average Bonchev–Trinajstić information content (AvgIpc) is 2.87. The lowest BCUT2D eigenvalue weighted by Gasteiger charge is -2.03. The Balaban J connectivity index is 2.35. The molecular formula is C14H10BrFN4O. The average molecular weight is 349 g/mol. The number of nitrogens with zero attached hydrogens (tertiary/aromatic N) is 3. The number of carbonyl (C=O) groups excluding carboxylic acids is 1. The molecule has 2 N–H and O–H groups in total. The van der Waals surface area contributed by atoms with E-state index in [1.807, 2.05) is 0 Å². The lowest BCUT2D eigenvalue weighted by molar-refractivity contribution is 0.101. The van der Waals surface area contributed by atoms with Crippen LogP contribution in [0.5, 0.6) is 0 Å². The summed E-state index contributed by atoms with van der Waals surface area (Å²) in [6.07, 6.45) is 1.28. The quantitative estimate of drug-likeness (QED) is 0.583. The number of hydrogen-bond donors (Lipinski definition) is 1. The lowest BCUT2D eigenvalue weighted by Crippen LogP contribution is -2.08. The summed E-state index contributed by atoms with van der Waals surface area (Å²) in [5, 5.41) is 4.23. The van der Waals surface area contributed by atoms with Crippen LogP contribution >= 0.6 is 15.9 Å². The summed E-state index contributed by atoms with van der Waals surface area (Å²) in [4.78, 5) is 16.0. The van der Waals surface area contributed by atoms with Crippen LogP contribution in [0.25, 0.3) is 16.6 Å². The van der Waals surface area contributed by atoms with E-state index < -0.39 is 0 Å². The van der Waals surface area contributed by atoms with E-state index in [1.165, 1.54) is 23.0 Å². The molecule has 0 atom stereocenters. The minimum absolute atomic E-state index is 0.147. The number of fused-ring (bicyclic) bond motifs is 1. The van der Waals surface area contributed by atoms with Gasteiger partial charge in [0.25, 0.3) is 0 Å². The van der Waals surface area contributed by atoms with E-state index in [2.05, 4.69) is 26.0 Å². The minimum Gasteiger partial charge on any atom is -0.382 e. The van der Waals surface area contributed by atoms with Gasteiger partial charge in [0, 0.05) is 5.56 Å². The molecule has 1 aromatic carbocycles. The first-order chi connectivity index (χ1) is 10.1. The molecule has 0 fully saturated rings. The van der Waals surface area contributed by atoms with Crippen molar-refractivity contribution >= 4 is 33.0 Å². The molecule has 5 nitrogen and oxygen atoms in total. The van der Waals surface area contributed by atoms with E-state index in [0.717, 1.165) is 0 Å². The van der Waals surface area contributed by atoms with E-state index in [9.17, 15) is 9.18 Å². The first-order valence-corrected chi connectivity index (χ1v) is 7.21. The lowest BCUT2D eigenvalue weighted by atomic mass is 10.1. The standard InChI is InChI=1S/C14H10BrFN4O/c15-6-12(21)11-5-10(8-2-1-3-9(16)4-8)13-14(17)18-7-19-20(11)13/h1-5,7H,6H2,(H2,17,18,19). The van der Waals surface area contributed by atoms with Crippen molar-refractivity contribution in [3.63, 3.8) is 0 Å². The maximum absolute atomic E-state index is 13.4. The number of halogens is 2. The van der Waals surface area contributed by atoms with Gasteiger partial charge in [0.2, 0.25) is 0 Å². The predicted octanol–water partition coefficient (Wildman–Crippen LogP) is 2.70. The third-order valence-corrected chi connectivity index (χ3v) is 3.63. The second kappa shape index (κ2) is 5.25. The van der Waals surface area contributed by atoms with E-state index in [4.69, 9.17) is 5.73 Å². The van der Waals surface area contributed by atoms with Crippen molar-refractivity contribution in [2.24, 2.45) is 0 Å². The molecule has 0 aliphatic carbocycles. The van der Waals surface area contributed by atoms with Crippen LogP contribution < -0.4 is 5.73 Å². The number of benzene rings is 1. The molecule has 106 valence electrons. The molecule has 7 heteroatoms. The first kappa shape index (κ1) is 13.7. The zero-order valence-electron chi connectivity index (χ0n) is 10.8. The third kappa shape index (κ3) is 2.29. The topological polar surface area (TPSA) is 73.3 Å². The van der Waals surface area contributed by atoms with Crippen molar-refractivity contribution in [1.82, 2.24) is 14.6 Å². The summed E-state index contributed by atoms with van der Waals surface area (Å²) in [6.45, 7) is 0. The Hall–Kier alpha value is -2.28. The van der Waals surface area contributed by atoms with Gasteiger partial charge in [-0.3, -0.25) is 4.79 Å². The van der Waals surface area contributed by atoms with Gasteiger partial charge in [-0.15, -0.1) is 0 Å². The second-order valence-electron chi connectivity index (χ2n) is 4.42. The van der Waals surface area contributed by atoms with Gasteiger partial charge in [-0.05, 0) is 23.8 Å². The van der Waals surface area contributed by atoms with Gasteiger partial charge >= 0.3 is 0 Å². The first-order valence-electron chi connectivity index (χ1n) is 6.09. The Bertz CT molecular complexity index is 846. The number of hydrogen-bond acceptors (Lipinski definition) is 4. The normalized spacial score (nSPS) is 11.0. The number of carbonyl (C=O) groups is 1. The van der Waals surface area contributed by atoms with Crippen molar-refractivity contribution in [2.45, 2.75) is 0 Å². The van der Waals surface area contributed by atoms with E-state index in [0.29, 0.717) is 22.3 Å². The largest absolute Gasteiger partial charge is 0.382 e. The maximum Gasteiger partial charge on any atom is 0.191 e. The molecule has 0 amide bonds. The Morgan fingerprint density at radius 3 is 2.90 bits per heavy atom. The van der Waals surface area contributed by atoms with Crippen molar-refractivity contribution < 1.29 is 9.18 Å². The number of Topliss-reactive ketones (excluding diaryl/α,β-unsaturated/α-hetero) is 1. The van der Waals surface area contributed by atoms with Gasteiger partial charge in [0.15, 0.2) is 11.6 Å². The molecule has 0 aliphatic heterocycles. The van der Waals surface area contributed by atoms with Crippen molar-refractivity contribution in [1.29, 1.82) is 0 Å². The number of rotatable bonds is 3. The molecule has 0 aliphatic rings. The number of ketones is 1. The molecule has 0 saturated carbocycles. The molecule has 2 heterocycles. The number of nitrogen functional groups attached to an aromatic ring is 1. The van der Waals surface area contributed by atoms with Crippen molar-refractivity contribution in [3.8, 4) is 11.1 Å². The maximum atomic E-state index is 13.4. The number of nitrogens with two attached hydrogens (primary N) is 1. The zero-order valence-corrected chi connectivity index (χ0v) is 12.3. The van der Waals surface area contributed by atoms with Crippen LogP contribution in [-0.4, -0.2) is 25.7 Å². The SMILES string of the molecule is Nc1ncnn2c(C(=O)CBr)cc(-c3cccc(F)c3)c12. The minimum atomic E-state index is -0.365. The fourth-order valence-electron chi connectivity index (χ4n) is 2.21. The number of aromatic nitrogens is 3. The molecular weight excluding hydrogens is 339 g/mol. The van der Waals surface area contributed by atoms with Crippen LogP contribution in [0.3, 0.4) is 0 Å². The highest BCUT2D eigenvalue weighted by molar-refractivity contribution is 9.09. The predicted molar refractivity (Wildman–Crippen MR) is 80.9 cm³/mol. The molecule has 3 rings (SSSR count). The van der Waals surface area contributed by atoms with Gasteiger partial charge in [0.1, 0.15) is 23.4 Å². The fourth-order valence-corrected chi connectivity index (χ4v) is 2.50. The summed E-state index contributed by atoms with van der Waals surface area (Å²) >= 11 is 3.14. The summed E-state index contributed by atoms with van der Waals surface area (Å²) in [7, 11) is 0. The molecule has 0 spiro atoms. The Kier molecular flexibility index (Phi) is 3.42. The van der Waals surface area contributed by atoms with Gasteiger partial charge < -0.3 is 5.73 Å². The van der Waals surface area contributed by atoms with Gasteiger partial charge in [-0.2, -0.15) is 5.10 Å². The Morgan fingerprint density at radius 1 is 1.38 bits per heavy atom. The second-order valence-corrected chi connectivity index (χ2v) is 4.98. The van der Waals surface area contributed by atoms with Crippen LogP contribution in [0.2, 0.25) is 0 Å². The van der Waals surface area contributed by atoms with Crippen LogP contribution in [0.4, 0.5) is 10.2 Å². The highest BCUT2D eigenvalue weighted by atomic mass is 79.9. The summed E-state index contributed by atoms with van der Waals surface area (Å²) in [5.41, 5.74) is 8.00. The zero-order chi connectivity index (χ0) is 15.0. The van der Waals surface area contributed by atoms with Crippen molar-refractivity contribution in [2.75, 3.05) is 11.1 Å². The van der Waals surface area contributed by atoms with E-state index in [-0.39, 0.29) is 22.7 Å². The molecule has 2 aromatic heterocycles. The molecule has 21 heavy (non-hydrogen) atoms. The van der Waals surface area contributed by atoms with Gasteiger partial charge in [-0.25, -0.2) is 13.9 Å². The number of alkyl halides is 1. The molecule has 0 bridgehead atoms. The monoisotopic (exact) mass is 348 g/mol. The van der Waals surface area contributed by atoms with Crippen LogP contribution in [0.1, 0.15) is 10.5 Å². The summed E-state index contributed by atoms with van der Waals surface area (Å²) in [5.74, 6) is -0.278. The van der Waals surface area contributed by atoms with Crippen LogP contribution in [0.15, 0.2) is 36.7 Å². The highest BCUT2D eigenvalue weighted by Gasteiger charge is 2.19. The van der Waals surface area contributed by atoms with Crippen molar-refractivity contribution in [3.05, 3.63) is 48.2 Å². The highest BCUT2D eigenvalue weighted by Crippen LogP contribution is 2.30. The number of anilines is 1. The smallest absolute Gasteiger partial charge is 0.191 e. The summed E-state index contributed by atoms with van der Waals surface area (Å²) in [6, 6.07) is 7.72.